The largest absolute Gasteiger partial charge is 0.325 e. The average Bonchev–Trinajstić information content (AvgIpc) is 2.88. The first-order chi connectivity index (χ1) is 12.0. The minimum atomic E-state index is -0.148. The number of amides is 1. The van der Waals surface area contributed by atoms with Gasteiger partial charge in [0.15, 0.2) is 5.16 Å². The van der Waals surface area contributed by atoms with Gasteiger partial charge in [0.25, 0.3) is 5.56 Å². The summed E-state index contributed by atoms with van der Waals surface area (Å²) in [4.78, 5) is 33.4. The quantitative estimate of drug-likeness (QED) is 0.525. The van der Waals surface area contributed by atoms with Gasteiger partial charge in [-0.25, -0.2) is 4.98 Å². The summed E-state index contributed by atoms with van der Waals surface area (Å²) in [5, 5.41) is 3.96. The number of aryl methyl sites for hydroxylation is 3. The molecule has 0 atom stereocenters. The standard InChI is InChI=1S/C18H19N3O2S2/c1-4-12-5-7-13(8-6-12)19-14(22)9-24-18-20-16(23)15-10(2)11(3)25-17(15)21-18/h5-8H,4,9H2,1-3H3,(H,19,22)(H,20,21,23). The number of hydrogen-bond acceptors (Lipinski definition) is 5. The fourth-order valence-electron chi connectivity index (χ4n) is 2.46. The van der Waals surface area contributed by atoms with Crippen LogP contribution in [0.2, 0.25) is 0 Å². The molecule has 25 heavy (non-hydrogen) atoms. The summed E-state index contributed by atoms with van der Waals surface area (Å²) in [5.74, 6) is 0.0587. The van der Waals surface area contributed by atoms with Crippen molar-refractivity contribution in [2.45, 2.75) is 32.3 Å². The Labute approximate surface area is 153 Å². The maximum Gasteiger partial charge on any atom is 0.260 e. The van der Waals surface area contributed by atoms with Gasteiger partial charge in [-0.05, 0) is 43.5 Å². The zero-order valence-corrected chi connectivity index (χ0v) is 15.9. The smallest absolute Gasteiger partial charge is 0.260 e. The molecule has 2 N–H and O–H groups in total. The zero-order valence-electron chi connectivity index (χ0n) is 14.3. The Bertz CT molecular complexity index is 974. The molecule has 2 aromatic heterocycles. The van der Waals surface area contributed by atoms with Crippen LogP contribution in [-0.4, -0.2) is 21.6 Å². The maximum absolute atomic E-state index is 12.2. The molecule has 130 valence electrons. The second-order valence-electron chi connectivity index (χ2n) is 5.72. The highest BCUT2D eigenvalue weighted by Gasteiger charge is 2.13. The van der Waals surface area contributed by atoms with Crippen LogP contribution in [-0.2, 0) is 11.2 Å². The summed E-state index contributed by atoms with van der Waals surface area (Å²) >= 11 is 2.73. The molecule has 0 aliphatic rings. The van der Waals surface area contributed by atoms with Gasteiger partial charge in [0.2, 0.25) is 5.91 Å². The Hall–Kier alpha value is -2.12. The average molecular weight is 374 g/mol. The number of benzene rings is 1. The molecule has 0 radical (unpaired) electrons. The fraction of sp³-hybridized carbons (Fsp3) is 0.278. The van der Waals surface area contributed by atoms with E-state index in [0.29, 0.717) is 10.5 Å². The minimum Gasteiger partial charge on any atom is -0.325 e. The number of carbonyl (C=O) groups is 1. The number of rotatable bonds is 5. The van der Waals surface area contributed by atoms with E-state index in [1.807, 2.05) is 38.1 Å². The summed E-state index contributed by atoms with van der Waals surface area (Å²) < 4.78 is 0. The third-order valence-corrected chi connectivity index (χ3v) is 5.98. The Kier molecular flexibility index (Phi) is 5.24. The zero-order chi connectivity index (χ0) is 18.0. The fourth-order valence-corrected chi connectivity index (χ4v) is 4.21. The van der Waals surface area contributed by atoms with E-state index in [9.17, 15) is 9.59 Å². The Morgan fingerprint density at radius 3 is 2.68 bits per heavy atom. The van der Waals surface area contributed by atoms with E-state index in [4.69, 9.17) is 0 Å². The molecule has 0 saturated heterocycles. The van der Waals surface area contributed by atoms with Crippen molar-refractivity contribution in [2.24, 2.45) is 0 Å². The number of nitrogens with zero attached hydrogens (tertiary/aromatic N) is 1. The van der Waals surface area contributed by atoms with Gasteiger partial charge >= 0.3 is 0 Å². The molecular weight excluding hydrogens is 354 g/mol. The number of carbonyl (C=O) groups excluding carboxylic acids is 1. The molecule has 3 rings (SSSR count). The van der Waals surface area contributed by atoms with Crippen LogP contribution in [0.1, 0.15) is 22.9 Å². The molecule has 0 aliphatic carbocycles. The third-order valence-electron chi connectivity index (χ3n) is 4.00. The molecule has 3 aromatic rings. The maximum atomic E-state index is 12.2. The van der Waals surface area contributed by atoms with Crippen molar-refractivity contribution in [3.8, 4) is 0 Å². The van der Waals surface area contributed by atoms with Crippen molar-refractivity contribution in [1.29, 1.82) is 0 Å². The van der Waals surface area contributed by atoms with Crippen LogP contribution in [0, 0.1) is 13.8 Å². The summed E-state index contributed by atoms with van der Waals surface area (Å²) in [5.41, 5.74) is 2.82. The van der Waals surface area contributed by atoms with Crippen LogP contribution in [0.25, 0.3) is 10.2 Å². The number of fused-ring (bicyclic) bond motifs is 1. The molecule has 0 fully saturated rings. The van der Waals surface area contributed by atoms with Gasteiger partial charge in [0.05, 0.1) is 11.1 Å². The van der Waals surface area contributed by atoms with Crippen molar-refractivity contribution in [1.82, 2.24) is 9.97 Å². The number of thiophene rings is 1. The van der Waals surface area contributed by atoms with Crippen LogP contribution in [0.4, 0.5) is 5.69 Å². The van der Waals surface area contributed by atoms with E-state index in [0.717, 1.165) is 27.4 Å². The topological polar surface area (TPSA) is 74.8 Å². The normalized spacial score (nSPS) is 11.0. The van der Waals surface area contributed by atoms with Crippen molar-refractivity contribution in [3.63, 3.8) is 0 Å². The minimum absolute atomic E-state index is 0.129. The van der Waals surface area contributed by atoms with Crippen molar-refractivity contribution < 1.29 is 4.79 Å². The Morgan fingerprint density at radius 1 is 1.28 bits per heavy atom. The van der Waals surface area contributed by atoms with Gasteiger partial charge in [0, 0.05) is 10.6 Å². The van der Waals surface area contributed by atoms with Gasteiger partial charge < -0.3 is 10.3 Å². The lowest BCUT2D eigenvalue weighted by Crippen LogP contribution is -2.15. The predicted molar refractivity (Wildman–Crippen MR) is 105 cm³/mol. The molecule has 0 saturated carbocycles. The third kappa shape index (κ3) is 3.93. The molecule has 5 nitrogen and oxygen atoms in total. The van der Waals surface area contributed by atoms with Crippen molar-refractivity contribution >= 4 is 44.9 Å². The van der Waals surface area contributed by atoms with Gasteiger partial charge in [-0.1, -0.05) is 30.8 Å². The van der Waals surface area contributed by atoms with Gasteiger partial charge in [-0.2, -0.15) is 0 Å². The van der Waals surface area contributed by atoms with E-state index in [1.54, 1.807) is 0 Å². The molecule has 1 aromatic carbocycles. The highest BCUT2D eigenvalue weighted by Crippen LogP contribution is 2.27. The Balaban J connectivity index is 1.67. The summed E-state index contributed by atoms with van der Waals surface area (Å²) in [6.45, 7) is 5.99. The number of aromatic nitrogens is 2. The van der Waals surface area contributed by atoms with Crippen molar-refractivity contribution in [2.75, 3.05) is 11.1 Å². The lowest BCUT2D eigenvalue weighted by molar-refractivity contribution is -0.113. The second kappa shape index (κ2) is 7.41. The van der Waals surface area contributed by atoms with E-state index < -0.39 is 0 Å². The van der Waals surface area contributed by atoms with Gasteiger partial charge in [-0.15, -0.1) is 11.3 Å². The lowest BCUT2D eigenvalue weighted by Gasteiger charge is -2.06. The molecule has 0 aliphatic heterocycles. The number of thioether (sulfide) groups is 1. The first kappa shape index (κ1) is 17.7. The first-order valence-electron chi connectivity index (χ1n) is 7.99. The van der Waals surface area contributed by atoms with Crippen LogP contribution >= 0.6 is 23.1 Å². The monoisotopic (exact) mass is 373 g/mol. The summed E-state index contributed by atoms with van der Waals surface area (Å²) in [6, 6.07) is 7.78. The number of aromatic amines is 1. The van der Waals surface area contributed by atoms with Crippen LogP contribution in [0.15, 0.2) is 34.2 Å². The van der Waals surface area contributed by atoms with E-state index >= 15 is 0 Å². The second-order valence-corrected chi connectivity index (χ2v) is 7.89. The Morgan fingerprint density at radius 2 is 2.00 bits per heavy atom. The highest BCUT2D eigenvalue weighted by atomic mass is 32.2. The SMILES string of the molecule is CCc1ccc(NC(=O)CSc2nc3sc(C)c(C)c3c(=O)[nH]2)cc1. The lowest BCUT2D eigenvalue weighted by atomic mass is 10.1. The highest BCUT2D eigenvalue weighted by molar-refractivity contribution is 7.99. The summed E-state index contributed by atoms with van der Waals surface area (Å²) in [7, 11) is 0. The molecule has 0 unspecified atom stereocenters. The molecule has 0 spiro atoms. The molecule has 1 amide bonds. The van der Waals surface area contributed by atoms with Gasteiger partial charge in [-0.3, -0.25) is 9.59 Å². The van der Waals surface area contributed by atoms with E-state index in [1.165, 1.54) is 28.7 Å². The molecular formula is C18H19N3O2S2. The summed E-state index contributed by atoms with van der Waals surface area (Å²) in [6.07, 6.45) is 0.966. The number of H-pyrrole nitrogens is 1. The number of nitrogens with one attached hydrogen (secondary N) is 2. The number of hydrogen-bond donors (Lipinski definition) is 2. The van der Waals surface area contributed by atoms with Gasteiger partial charge in [0.1, 0.15) is 4.83 Å². The van der Waals surface area contributed by atoms with E-state index in [-0.39, 0.29) is 17.2 Å². The molecule has 0 bridgehead atoms. The van der Waals surface area contributed by atoms with Crippen molar-refractivity contribution in [3.05, 3.63) is 50.6 Å². The van der Waals surface area contributed by atoms with E-state index in [2.05, 4.69) is 22.2 Å². The first-order valence-corrected chi connectivity index (χ1v) is 9.79. The van der Waals surface area contributed by atoms with Crippen LogP contribution < -0.4 is 10.9 Å². The van der Waals surface area contributed by atoms with Crippen LogP contribution in [0.5, 0.6) is 0 Å². The predicted octanol–water partition coefficient (Wildman–Crippen LogP) is 3.89. The number of anilines is 1. The molecule has 7 heteroatoms. The van der Waals surface area contributed by atoms with Crippen LogP contribution in [0.3, 0.4) is 0 Å². The molecule has 2 heterocycles.